The standard InChI is InChI=1S/C19H22F3N3O2/c1-3-16(12-23)25(2)18(26)24-15-8-4-13(5-9-15)14-6-10-17(11-7-14)27-19(20,21)22/h4-11,16H,3,12,23H2,1-2H3,(H,24,26). The summed E-state index contributed by atoms with van der Waals surface area (Å²) in [6.45, 7) is 2.34. The van der Waals surface area contributed by atoms with Crippen molar-refractivity contribution in [3.63, 3.8) is 0 Å². The molecule has 27 heavy (non-hydrogen) atoms. The summed E-state index contributed by atoms with van der Waals surface area (Å²) in [5, 5.41) is 2.79. The van der Waals surface area contributed by atoms with E-state index in [1.807, 2.05) is 6.92 Å². The first-order valence-corrected chi connectivity index (χ1v) is 8.43. The fourth-order valence-electron chi connectivity index (χ4n) is 2.57. The summed E-state index contributed by atoms with van der Waals surface area (Å²) < 4.78 is 40.4. The van der Waals surface area contributed by atoms with E-state index in [0.29, 0.717) is 12.2 Å². The average molecular weight is 381 g/mol. The predicted molar refractivity (Wildman–Crippen MR) is 98.5 cm³/mol. The zero-order chi connectivity index (χ0) is 20.0. The molecule has 2 amide bonds. The van der Waals surface area contributed by atoms with Crippen LogP contribution in [0, 0.1) is 0 Å². The van der Waals surface area contributed by atoms with Gasteiger partial charge >= 0.3 is 12.4 Å². The molecule has 1 unspecified atom stereocenters. The second-order valence-corrected chi connectivity index (χ2v) is 5.99. The van der Waals surface area contributed by atoms with Crippen molar-refractivity contribution in [1.29, 1.82) is 0 Å². The van der Waals surface area contributed by atoms with Crippen LogP contribution in [0.2, 0.25) is 0 Å². The first kappa shape index (κ1) is 20.6. The molecule has 3 N–H and O–H groups in total. The number of hydrogen-bond acceptors (Lipinski definition) is 3. The van der Waals surface area contributed by atoms with E-state index in [-0.39, 0.29) is 17.8 Å². The Labute approximate surface area is 155 Å². The molecule has 0 radical (unpaired) electrons. The Morgan fingerprint density at radius 3 is 2.07 bits per heavy atom. The smallest absolute Gasteiger partial charge is 0.406 e. The number of nitrogens with one attached hydrogen (secondary N) is 1. The van der Waals surface area contributed by atoms with Gasteiger partial charge in [-0.05, 0) is 41.8 Å². The van der Waals surface area contributed by atoms with Gasteiger partial charge in [0.1, 0.15) is 5.75 Å². The third kappa shape index (κ3) is 5.89. The fourth-order valence-corrected chi connectivity index (χ4v) is 2.57. The van der Waals surface area contributed by atoms with Crippen LogP contribution >= 0.6 is 0 Å². The van der Waals surface area contributed by atoms with Gasteiger partial charge in [0, 0.05) is 25.3 Å². The summed E-state index contributed by atoms with van der Waals surface area (Å²) in [6, 6.07) is 12.3. The lowest BCUT2D eigenvalue weighted by Gasteiger charge is -2.26. The van der Waals surface area contributed by atoms with E-state index in [1.54, 1.807) is 36.2 Å². The van der Waals surface area contributed by atoms with Crippen LogP contribution in [0.3, 0.4) is 0 Å². The van der Waals surface area contributed by atoms with Crippen LogP contribution < -0.4 is 15.8 Å². The Kier molecular flexibility index (Phi) is 6.68. The molecular formula is C19H22F3N3O2. The van der Waals surface area contributed by atoms with E-state index in [1.165, 1.54) is 24.3 Å². The summed E-state index contributed by atoms with van der Waals surface area (Å²) in [5.41, 5.74) is 7.79. The highest BCUT2D eigenvalue weighted by molar-refractivity contribution is 5.89. The first-order chi connectivity index (χ1) is 12.7. The molecule has 0 fully saturated rings. The third-order valence-electron chi connectivity index (χ3n) is 4.17. The number of urea groups is 1. The van der Waals surface area contributed by atoms with E-state index < -0.39 is 6.36 Å². The van der Waals surface area contributed by atoms with E-state index in [0.717, 1.165) is 17.5 Å². The van der Waals surface area contributed by atoms with Crippen LogP contribution in [-0.2, 0) is 0 Å². The largest absolute Gasteiger partial charge is 0.573 e. The number of alkyl halides is 3. The van der Waals surface area contributed by atoms with Crippen LogP contribution in [0.25, 0.3) is 11.1 Å². The number of nitrogens with zero attached hydrogens (tertiary/aromatic N) is 1. The Morgan fingerprint density at radius 1 is 1.11 bits per heavy atom. The van der Waals surface area contributed by atoms with Gasteiger partial charge in [-0.2, -0.15) is 0 Å². The zero-order valence-corrected chi connectivity index (χ0v) is 15.1. The van der Waals surface area contributed by atoms with Crippen LogP contribution in [0.1, 0.15) is 13.3 Å². The topological polar surface area (TPSA) is 67.6 Å². The van der Waals surface area contributed by atoms with Crippen molar-refractivity contribution >= 4 is 11.7 Å². The minimum absolute atomic E-state index is 0.0401. The maximum atomic E-state index is 12.2. The molecule has 2 aromatic carbocycles. The van der Waals surface area contributed by atoms with E-state index in [2.05, 4.69) is 10.1 Å². The number of carbonyl (C=O) groups is 1. The lowest BCUT2D eigenvalue weighted by Crippen LogP contribution is -2.43. The number of benzene rings is 2. The normalized spacial score (nSPS) is 12.4. The molecule has 0 aliphatic carbocycles. The number of amides is 2. The van der Waals surface area contributed by atoms with Gasteiger partial charge in [0.05, 0.1) is 0 Å². The lowest BCUT2D eigenvalue weighted by molar-refractivity contribution is -0.274. The molecule has 2 aromatic rings. The second kappa shape index (κ2) is 8.77. The van der Waals surface area contributed by atoms with Gasteiger partial charge in [0.2, 0.25) is 0 Å². The van der Waals surface area contributed by atoms with E-state index >= 15 is 0 Å². The Bertz CT molecular complexity index is 742. The summed E-state index contributed by atoms with van der Waals surface area (Å²) in [5.74, 6) is -0.274. The Morgan fingerprint density at radius 2 is 1.63 bits per heavy atom. The minimum Gasteiger partial charge on any atom is -0.406 e. The maximum Gasteiger partial charge on any atom is 0.573 e. The van der Waals surface area contributed by atoms with Crippen molar-refractivity contribution in [2.45, 2.75) is 25.7 Å². The molecule has 1 atom stereocenters. The molecule has 146 valence electrons. The molecule has 0 bridgehead atoms. The molecule has 0 spiro atoms. The van der Waals surface area contributed by atoms with Gasteiger partial charge < -0.3 is 20.7 Å². The van der Waals surface area contributed by atoms with Crippen molar-refractivity contribution in [1.82, 2.24) is 4.90 Å². The molecule has 0 aliphatic rings. The molecule has 0 saturated carbocycles. The van der Waals surface area contributed by atoms with Crippen LogP contribution in [0.5, 0.6) is 5.75 Å². The molecule has 0 aromatic heterocycles. The fraction of sp³-hybridized carbons (Fsp3) is 0.316. The molecule has 0 heterocycles. The van der Waals surface area contributed by atoms with Crippen LogP contribution in [-0.4, -0.2) is 36.9 Å². The number of hydrogen-bond donors (Lipinski definition) is 2. The maximum absolute atomic E-state index is 12.2. The second-order valence-electron chi connectivity index (χ2n) is 5.99. The number of carbonyl (C=O) groups excluding carboxylic acids is 1. The van der Waals surface area contributed by atoms with Crippen molar-refractivity contribution < 1.29 is 22.7 Å². The average Bonchev–Trinajstić information content (AvgIpc) is 2.62. The number of likely N-dealkylation sites (N-methyl/N-ethyl adjacent to an activating group) is 1. The highest BCUT2D eigenvalue weighted by Gasteiger charge is 2.30. The monoisotopic (exact) mass is 381 g/mol. The summed E-state index contributed by atoms with van der Waals surface area (Å²) in [7, 11) is 1.69. The minimum atomic E-state index is -4.71. The summed E-state index contributed by atoms with van der Waals surface area (Å²) >= 11 is 0. The van der Waals surface area contributed by atoms with E-state index in [4.69, 9.17) is 5.73 Å². The molecule has 8 heteroatoms. The summed E-state index contributed by atoms with van der Waals surface area (Å²) in [6.07, 6.45) is -3.96. The first-order valence-electron chi connectivity index (χ1n) is 8.43. The molecule has 5 nitrogen and oxygen atoms in total. The van der Waals surface area contributed by atoms with E-state index in [9.17, 15) is 18.0 Å². The zero-order valence-electron chi connectivity index (χ0n) is 15.1. The number of ether oxygens (including phenoxy) is 1. The highest BCUT2D eigenvalue weighted by atomic mass is 19.4. The predicted octanol–water partition coefficient (Wildman–Crippen LogP) is 4.45. The number of halogens is 3. The summed E-state index contributed by atoms with van der Waals surface area (Å²) in [4.78, 5) is 13.8. The van der Waals surface area contributed by atoms with Crippen molar-refractivity contribution in [3.05, 3.63) is 48.5 Å². The third-order valence-corrected chi connectivity index (χ3v) is 4.17. The number of nitrogens with two attached hydrogens (primary N) is 1. The Hall–Kier alpha value is -2.74. The molecular weight excluding hydrogens is 359 g/mol. The quantitative estimate of drug-likeness (QED) is 0.777. The number of rotatable bonds is 6. The van der Waals surface area contributed by atoms with Crippen molar-refractivity contribution in [2.75, 3.05) is 18.9 Å². The van der Waals surface area contributed by atoms with Gasteiger partial charge in [-0.15, -0.1) is 13.2 Å². The van der Waals surface area contributed by atoms with Gasteiger partial charge in [0.25, 0.3) is 0 Å². The van der Waals surface area contributed by atoms with Gasteiger partial charge in [-0.1, -0.05) is 31.2 Å². The molecule has 0 saturated heterocycles. The van der Waals surface area contributed by atoms with Crippen molar-refractivity contribution in [2.24, 2.45) is 5.73 Å². The lowest BCUT2D eigenvalue weighted by atomic mass is 10.1. The van der Waals surface area contributed by atoms with Gasteiger partial charge in [-0.3, -0.25) is 0 Å². The van der Waals surface area contributed by atoms with Crippen LogP contribution in [0.15, 0.2) is 48.5 Å². The Balaban J connectivity index is 2.03. The highest BCUT2D eigenvalue weighted by Crippen LogP contribution is 2.27. The SMILES string of the molecule is CCC(CN)N(C)C(=O)Nc1ccc(-c2ccc(OC(F)(F)F)cc2)cc1. The van der Waals surface area contributed by atoms with Gasteiger partial charge in [-0.25, -0.2) is 4.79 Å². The van der Waals surface area contributed by atoms with Crippen LogP contribution in [0.4, 0.5) is 23.7 Å². The number of anilines is 1. The van der Waals surface area contributed by atoms with Gasteiger partial charge in [0.15, 0.2) is 0 Å². The molecule has 2 rings (SSSR count). The molecule has 0 aliphatic heterocycles. The van der Waals surface area contributed by atoms with Crippen molar-refractivity contribution in [3.8, 4) is 16.9 Å².